The zero-order valence-electron chi connectivity index (χ0n) is 32.1. The molecule has 0 radical (unpaired) electrons. The third-order valence-electron chi connectivity index (χ3n) is 10.1. The molecule has 0 bridgehead atoms. The monoisotopic (exact) mass is 874 g/mol. The number of nitro groups is 1. The number of likely N-dealkylation sites (tertiary alicyclic amines) is 1. The van der Waals surface area contributed by atoms with Crippen molar-refractivity contribution in [1.29, 1.82) is 0 Å². The number of carbonyl (C=O) groups is 4. The molecule has 1 aliphatic rings. The minimum absolute atomic E-state index is 0.0265. The van der Waals surface area contributed by atoms with Crippen molar-refractivity contribution in [2.45, 2.75) is 54.4 Å². The average Bonchev–Trinajstić information content (AvgIpc) is 3.19. The number of aliphatic hydroxyl groups is 1. The molecule has 4 aromatic carbocycles. The van der Waals surface area contributed by atoms with Crippen molar-refractivity contribution >= 4 is 73.5 Å². The highest BCUT2D eigenvalue weighted by atomic mass is 35.5. The molecule has 1 fully saturated rings. The van der Waals surface area contributed by atoms with Gasteiger partial charge in [-0.05, 0) is 104 Å². The summed E-state index contributed by atoms with van der Waals surface area (Å²) in [5, 5.41) is 47.3. The van der Waals surface area contributed by atoms with Gasteiger partial charge in [0.2, 0.25) is 10.0 Å². The minimum atomic E-state index is -3.55. The molecule has 1 saturated heterocycles. The number of carbonyl (C=O) groups excluding carboxylic acids is 1. The van der Waals surface area contributed by atoms with Crippen LogP contribution in [0.25, 0.3) is 10.8 Å². The molecule has 0 spiro atoms. The van der Waals surface area contributed by atoms with Crippen molar-refractivity contribution in [3.05, 3.63) is 116 Å². The fraction of sp³-hybridized carbons (Fsp3) is 0.350. The second kappa shape index (κ2) is 20.2. The largest absolute Gasteiger partial charge is 0.481 e. The van der Waals surface area contributed by atoms with E-state index in [1.54, 1.807) is 54.4 Å². The summed E-state index contributed by atoms with van der Waals surface area (Å²) < 4.78 is 27.7. The molecule has 4 aromatic rings. The van der Waals surface area contributed by atoms with Gasteiger partial charge in [-0.2, -0.15) is 0 Å². The molecule has 1 atom stereocenters. The lowest BCUT2D eigenvalue weighted by atomic mass is 9.88. The van der Waals surface area contributed by atoms with Gasteiger partial charge in [0.05, 0.1) is 32.7 Å². The van der Waals surface area contributed by atoms with Gasteiger partial charge in [-0.3, -0.25) is 24.5 Å². The topological polar surface area (TPSA) is 245 Å². The Morgan fingerprint density at radius 3 is 2.15 bits per heavy atom. The maximum absolute atomic E-state index is 13.7. The SMILES string of the molecule is CNS(=O)(=O)c1ccccc1C1CCN(CC[C@H](CN(C)C(=O)c2cccc3cc([N+](=O)[O-])ccc23)c2ccc(Cl)c(Cl)c2)CC1.O=C(O)CC(O)(CC(=O)O)C(=O)O. The zero-order chi connectivity index (χ0) is 43.7. The summed E-state index contributed by atoms with van der Waals surface area (Å²) >= 11 is 12.6. The molecule has 5 rings (SSSR count). The quantitative estimate of drug-likeness (QED) is 0.0657. The summed E-state index contributed by atoms with van der Waals surface area (Å²) in [6.07, 6.45) is 0.145. The van der Waals surface area contributed by atoms with Crippen molar-refractivity contribution in [3.8, 4) is 0 Å². The highest BCUT2D eigenvalue weighted by Gasteiger charge is 2.41. The Morgan fingerprint density at radius 1 is 0.932 bits per heavy atom. The average molecular weight is 876 g/mol. The molecule has 59 heavy (non-hydrogen) atoms. The fourth-order valence-corrected chi connectivity index (χ4v) is 8.34. The van der Waals surface area contributed by atoms with Gasteiger partial charge >= 0.3 is 17.9 Å². The number of halogens is 2. The molecule has 1 aliphatic heterocycles. The van der Waals surface area contributed by atoms with Crippen LogP contribution in [0.5, 0.6) is 0 Å². The number of benzene rings is 4. The first-order valence-corrected chi connectivity index (χ1v) is 20.5. The van der Waals surface area contributed by atoms with Gasteiger partial charge in [-0.25, -0.2) is 17.9 Å². The van der Waals surface area contributed by atoms with Crippen LogP contribution in [-0.2, 0) is 24.4 Å². The molecular weight excluding hydrogens is 831 g/mol. The van der Waals surface area contributed by atoms with E-state index in [1.165, 1.54) is 19.2 Å². The third-order valence-corrected chi connectivity index (χ3v) is 12.4. The second-order valence-corrected chi connectivity index (χ2v) is 16.8. The van der Waals surface area contributed by atoms with Gasteiger partial charge in [-0.15, -0.1) is 0 Å². The first-order chi connectivity index (χ1) is 27.8. The predicted octanol–water partition coefficient (Wildman–Crippen LogP) is 5.84. The van der Waals surface area contributed by atoms with E-state index in [0.717, 1.165) is 50.0 Å². The molecule has 0 saturated carbocycles. The number of nitro benzene ring substituents is 1. The maximum Gasteiger partial charge on any atom is 0.336 e. The maximum atomic E-state index is 13.7. The number of hydrogen-bond acceptors (Lipinski definition) is 10. The number of aliphatic carboxylic acids is 3. The number of hydrogen-bond donors (Lipinski definition) is 5. The number of piperidine rings is 1. The van der Waals surface area contributed by atoms with Crippen LogP contribution in [0.2, 0.25) is 10.0 Å². The van der Waals surface area contributed by atoms with Crippen molar-refractivity contribution in [3.63, 3.8) is 0 Å². The van der Waals surface area contributed by atoms with E-state index in [-0.39, 0.29) is 23.4 Å². The number of likely N-dealkylation sites (N-methyl/N-ethyl adjacent to an activating group) is 1. The van der Waals surface area contributed by atoms with Gasteiger partial charge in [0.25, 0.3) is 11.6 Å². The van der Waals surface area contributed by atoms with Crippen LogP contribution in [0.4, 0.5) is 5.69 Å². The summed E-state index contributed by atoms with van der Waals surface area (Å²) in [5.74, 6) is -5.10. The van der Waals surface area contributed by atoms with E-state index < -0.39 is 51.3 Å². The van der Waals surface area contributed by atoms with Crippen LogP contribution in [-0.4, -0.2) is 113 Å². The Morgan fingerprint density at radius 2 is 1.58 bits per heavy atom. The molecule has 16 nitrogen and oxygen atoms in total. The van der Waals surface area contributed by atoms with E-state index in [4.69, 9.17) is 43.6 Å². The molecule has 0 unspecified atom stereocenters. The number of rotatable bonds is 16. The van der Waals surface area contributed by atoms with E-state index >= 15 is 0 Å². The fourth-order valence-electron chi connectivity index (χ4n) is 7.01. The van der Waals surface area contributed by atoms with Crippen LogP contribution >= 0.6 is 23.2 Å². The second-order valence-electron chi connectivity index (χ2n) is 14.2. The number of carboxylic acid groups (broad SMARTS) is 3. The van der Waals surface area contributed by atoms with Crippen molar-refractivity contribution in [2.24, 2.45) is 0 Å². The first-order valence-electron chi connectivity index (χ1n) is 18.3. The predicted molar refractivity (Wildman–Crippen MR) is 220 cm³/mol. The van der Waals surface area contributed by atoms with Gasteiger partial charge in [-0.1, -0.05) is 59.6 Å². The summed E-state index contributed by atoms with van der Waals surface area (Å²) in [5.41, 5.74) is -0.457. The number of amides is 1. The van der Waals surface area contributed by atoms with Crippen molar-refractivity contribution in [1.82, 2.24) is 14.5 Å². The Hall–Kier alpha value is -5.17. The van der Waals surface area contributed by atoms with E-state index in [9.17, 15) is 37.7 Å². The smallest absolute Gasteiger partial charge is 0.336 e. The van der Waals surface area contributed by atoms with Gasteiger partial charge in [0.1, 0.15) is 0 Å². The molecule has 1 amide bonds. The summed E-state index contributed by atoms with van der Waals surface area (Å²) in [6, 6.07) is 22.5. The molecule has 316 valence electrons. The molecule has 19 heteroatoms. The standard InChI is InChI=1S/C34H36Cl2N4O5S.C6H8O7/c1-37-46(44,45)33-9-4-3-7-29(33)23-14-17-39(18-15-23)19-16-26(24-10-13-31(35)32(36)21-24)22-38(2)34(41)30-8-5-6-25-20-27(40(42)43)11-12-28(25)30;7-3(8)1-6(13,5(11)12)2-4(9)10/h3-13,20-21,23,26,37H,14-19,22H2,1-2H3;13H,1-2H2,(H,7,8)(H,9,10)(H,11,12)/t26-;/m1./s1. The molecule has 5 N–H and O–H groups in total. The summed E-state index contributed by atoms with van der Waals surface area (Å²) in [4.78, 5) is 59.5. The summed E-state index contributed by atoms with van der Waals surface area (Å²) in [7, 11) is -0.356. The summed E-state index contributed by atoms with van der Waals surface area (Å²) in [6.45, 7) is 2.85. The lowest BCUT2D eigenvalue weighted by Gasteiger charge is -2.34. The van der Waals surface area contributed by atoms with Crippen LogP contribution in [0.15, 0.2) is 83.8 Å². The van der Waals surface area contributed by atoms with Crippen molar-refractivity contribution < 1.29 is 52.9 Å². The normalized spacial score (nSPS) is 14.2. The van der Waals surface area contributed by atoms with Crippen LogP contribution in [0.1, 0.15) is 65.4 Å². The lowest BCUT2D eigenvalue weighted by Crippen LogP contribution is -2.42. The number of nitrogens with zero attached hydrogens (tertiary/aromatic N) is 3. The van der Waals surface area contributed by atoms with Crippen LogP contribution < -0.4 is 4.72 Å². The number of nitrogens with one attached hydrogen (secondary N) is 1. The van der Waals surface area contributed by atoms with Crippen molar-refractivity contribution in [2.75, 3.05) is 40.3 Å². The van der Waals surface area contributed by atoms with Crippen LogP contribution in [0, 0.1) is 10.1 Å². The van der Waals surface area contributed by atoms with Gasteiger partial charge < -0.3 is 30.2 Å². The molecular formula is C40H44Cl2N4O12S. The van der Waals surface area contributed by atoms with E-state index in [1.807, 2.05) is 24.3 Å². The molecule has 0 aromatic heterocycles. The van der Waals surface area contributed by atoms with Crippen LogP contribution in [0.3, 0.4) is 0 Å². The highest BCUT2D eigenvalue weighted by molar-refractivity contribution is 7.89. The minimum Gasteiger partial charge on any atom is -0.481 e. The highest BCUT2D eigenvalue weighted by Crippen LogP contribution is 2.34. The van der Waals surface area contributed by atoms with Gasteiger partial charge in [0.15, 0.2) is 5.60 Å². The van der Waals surface area contributed by atoms with Gasteiger partial charge in [0, 0.05) is 37.2 Å². The third kappa shape index (κ3) is 12.2. The number of non-ortho nitro benzene ring substituents is 1. The van der Waals surface area contributed by atoms with E-state index in [0.29, 0.717) is 37.8 Å². The Labute approximate surface area is 350 Å². The number of carboxylic acids is 3. The molecule has 1 heterocycles. The first kappa shape index (κ1) is 46.5. The Balaban J connectivity index is 0.000000509. The number of sulfonamides is 1. The lowest BCUT2D eigenvalue weighted by molar-refractivity contribution is -0.384. The van der Waals surface area contributed by atoms with E-state index in [2.05, 4.69) is 9.62 Å². The zero-order valence-corrected chi connectivity index (χ0v) is 34.4. The Bertz CT molecular complexity index is 2300. The number of fused-ring (bicyclic) bond motifs is 1. The Kier molecular flexibility index (Phi) is 15.9. The molecule has 0 aliphatic carbocycles.